The van der Waals surface area contributed by atoms with Crippen molar-refractivity contribution in [1.29, 1.82) is 0 Å². The zero-order valence-corrected chi connectivity index (χ0v) is 17.2. The van der Waals surface area contributed by atoms with Crippen LogP contribution in [0.1, 0.15) is 23.7 Å². The van der Waals surface area contributed by atoms with Crippen LogP contribution in [0.15, 0.2) is 24.3 Å². The molecule has 0 radical (unpaired) electrons. The molecule has 7 nitrogen and oxygen atoms in total. The molecule has 9 heteroatoms. The summed E-state index contributed by atoms with van der Waals surface area (Å²) in [5.74, 6) is -0.936. The van der Waals surface area contributed by atoms with Gasteiger partial charge >= 0.3 is 5.97 Å². The Morgan fingerprint density at radius 2 is 1.93 bits per heavy atom. The monoisotopic (exact) mass is 416 g/mol. The van der Waals surface area contributed by atoms with Gasteiger partial charge in [0.15, 0.2) is 6.61 Å². The van der Waals surface area contributed by atoms with Crippen molar-refractivity contribution in [1.82, 2.24) is 10.6 Å². The molecule has 2 amide bonds. The Labute approximate surface area is 168 Å². The third-order valence-corrected chi connectivity index (χ3v) is 4.46. The summed E-state index contributed by atoms with van der Waals surface area (Å²) >= 11 is 7.55. The highest BCUT2D eigenvalue weighted by atomic mass is 35.5. The molecule has 150 valence electrons. The van der Waals surface area contributed by atoms with Crippen LogP contribution in [0, 0.1) is 0 Å². The average molecular weight is 417 g/mol. The van der Waals surface area contributed by atoms with E-state index in [1.54, 1.807) is 31.2 Å². The van der Waals surface area contributed by atoms with Gasteiger partial charge in [0.2, 0.25) is 0 Å². The third kappa shape index (κ3) is 8.64. The third-order valence-electron chi connectivity index (χ3n) is 3.49. The van der Waals surface area contributed by atoms with Crippen LogP contribution in [0.5, 0.6) is 0 Å². The van der Waals surface area contributed by atoms with Gasteiger partial charge in [0.05, 0.1) is 17.2 Å². The number of nitrogens with one attached hydrogen (secondary N) is 2. The maximum atomic E-state index is 12.4. The molecule has 2 atom stereocenters. The standard InChI is InChI=1S/C18H25ClN2O5S/c1-12(10-25-2)20-16(22)11-26-18(24)15(8-9-27-3)21-17(23)13-6-4-5-7-14(13)19/h4-7,12,15H,8-11H2,1-3H3,(H,20,22)(H,21,23). The second kappa shape index (κ2) is 12.6. The minimum atomic E-state index is -0.870. The predicted octanol–water partition coefficient (Wildman–Crippen LogP) is 1.89. The number of rotatable bonds is 11. The number of amides is 2. The molecule has 0 spiro atoms. The van der Waals surface area contributed by atoms with Crippen LogP contribution in [0.3, 0.4) is 0 Å². The normalized spacial score (nSPS) is 12.7. The molecule has 0 fully saturated rings. The first-order valence-electron chi connectivity index (χ1n) is 8.38. The predicted molar refractivity (Wildman–Crippen MR) is 106 cm³/mol. The van der Waals surface area contributed by atoms with Gasteiger partial charge in [-0.1, -0.05) is 23.7 Å². The Hall–Kier alpha value is -1.77. The second-order valence-corrected chi connectivity index (χ2v) is 7.21. The van der Waals surface area contributed by atoms with E-state index in [9.17, 15) is 14.4 Å². The number of methoxy groups -OCH3 is 1. The summed E-state index contributed by atoms with van der Waals surface area (Å²) in [6.45, 7) is 1.70. The van der Waals surface area contributed by atoms with E-state index in [2.05, 4.69) is 10.6 Å². The molecule has 2 N–H and O–H groups in total. The molecule has 0 saturated heterocycles. The maximum absolute atomic E-state index is 12.4. The molecule has 2 unspecified atom stereocenters. The zero-order valence-electron chi connectivity index (χ0n) is 15.6. The van der Waals surface area contributed by atoms with Crippen LogP contribution in [-0.2, 0) is 19.1 Å². The van der Waals surface area contributed by atoms with Gasteiger partial charge in [-0.15, -0.1) is 0 Å². The quantitative estimate of drug-likeness (QED) is 0.535. The van der Waals surface area contributed by atoms with Gasteiger partial charge in [-0.2, -0.15) is 11.8 Å². The first-order valence-corrected chi connectivity index (χ1v) is 10.2. The molecule has 0 aliphatic carbocycles. The molecule has 0 saturated carbocycles. The summed E-state index contributed by atoms with van der Waals surface area (Å²) < 4.78 is 9.99. The van der Waals surface area contributed by atoms with Crippen molar-refractivity contribution in [3.8, 4) is 0 Å². The van der Waals surface area contributed by atoms with Crippen molar-refractivity contribution < 1.29 is 23.9 Å². The molecule has 0 bridgehead atoms. The van der Waals surface area contributed by atoms with Crippen molar-refractivity contribution in [2.45, 2.75) is 25.4 Å². The number of hydrogen-bond donors (Lipinski definition) is 2. The van der Waals surface area contributed by atoms with E-state index in [0.717, 1.165) is 0 Å². The molecular formula is C18H25ClN2O5S. The lowest BCUT2D eigenvalue weighted by Crippen LogP contribution is -2.44. The summed E-state index contributed by atoms with van der Waals surface area (Å²) in [5, 5.41) is 5.56. The summed E-state index contributed by atoms with van der Waals surface area (Å²) in [4.78, 5) is 36.5. The number of halogens is 1. The number of thioether (sulfide) groups is 1. The van der Waals surface area contributed by atoms with Gasteiger partial charge in [-0.05, 0) is 37.5 Å². The van der Waals surface area contributed by atoms with Crippen LogP contribution in [0.25, 0.3) is 0 Å². The number of hydrogen-bond acceptors (Lipinski definition) is 6. The molecule has 0 aromatic heterocycles. The smallest absolute Gasteiger partial charge is 0.329 e. The lowest BCUT2D eigenvalue weighted by atomic mass is 10.1. The molecule has 27 heavy (non-hydrogen) atoms. The van der Waals surface area contributed by atoms with Crippen molar-refractivity contribution in [3.05, 3.63) is 34.9 Å². The van der Waals surface area contributed by atoms with Crippen LogP contribution >= 0.6 is 23.4 Å². The minimum Gasteiger partial charge on any atom is -0.454 e. The Kier molecular flexibility index (Phi) is 10.8. The lowest BCUT2D eigenvalue weighted by molar-refractivity contribution is -0.150. The first-order chi connectivity index (χ1) is 12.9. The Morgan fingerprint density at radius 1 is 1.22 bits per heavy atom. The van der Waals surface area contributed by atoms with Gasteiger partial charge < -0.3 is 20.1 Å². The SMILES string of the molecule is COCC(C)NC(=O)COC(=O)C(CCSC)NC(=O)c1ccccc1Cl. The fourth-order valence-electron chi connectivity index (χ4n) is 2.21. The van der Waals surface area contributed by atoms with E-state index in [-0.39, 0.29) is 11.6 Å². The maximum Gasteiger partial charge on any atom is 0.329 e. The van der Waals surface area contributed by atoms with Crippen LogP contribution in [-0.4, -0.2) is 62.2 Å². The van der Waals surface area contributed by atoms with Crippen LogP contribution in [0.2, 0.25) is 5.02 Å². The fraction of sp³-hybridized carbons (Fsp3) is 0.500. The second-order valence-electron chi connectivity index (χ2n) is 5.82. The van der Waals surface area contributed by atoms with Crippen LogP contribution in [0.4, 0.5) is 0 Å². The van der Waals surface area contributed by atoms with Crippen molar-refractivity contribution in [2.75, 3.05) is 32.3 Å². The number of benzene rings is 1. The molecule has 0 aliphatic heterocycles. The number of esters is 1. The molecule has 1 rings (SSSR count). The van der Waals surface area contributed by atoms with Gasteiger partial charge in [-0.3, -0.25) is 9.59 Å². The van der Waals surface area contributed by atoms with Crippen molar-refractivity contribution in [3.63, 3.8) is 0 Å². The number of ether oxygens (including phenoxy) is 2. The summed E-state index contributed by atoms with van der Waals surface area (Å²) in [7, 11) is 1.53. The molecule has 1 aromatic rings. The van der Waals surface area contributed by atoms with E-state index < -0.39 is 30.4 Å². The van der Waals surface area contributed by atoms with Crippen molar-refractivity contribution in [2.24, 2.45) is 0 Å². The number of carbonyl (C=O) groups is 3. The van der Waals surface area contributed by atoms with Crippen molar-refractivity contribution >= 4 is 41.1 Å². The number of carbonyl (C=O) groups excluding carboxylic acids is 3. The molecular weight excluding hydrogens is 392 g/mol. The van der Waals surface area contributed by atoms with E-state index in [4.69, 9.17) is 21.1 Å². The summed E-state index contributed by atoms with van der Waals surface area (Å²) in [5.41, 5.74) is 0.271. The molecule has 0 aliphatic rings. The van der Waals surface area contributed by atoms with Gasteiger partial charge in [0.1, 0.15) is 6.04 Å². The Bertz CT molecular complexity index is 644. The topological polar surface area (TPSA) is 93.7 Å². The van der Waals surface area contributed by atoms with E-state index in [0.29, 0.717) is 23.8 Å². The van der Waals surface area contributed by atoms with Gasteiger partial charge in [0.25, 0.3) is 11.8 Å². The zero-order chi connectivity index (χ0) is 20.2. The first kappa shape index (κ1) is 23.3. The molecule has 1 aromatic carbocycles. The van der Waals surface area contributed by atoms with Crippen LogP contribution < -0.4 is 10.6 Å². The Balaban J connectivity index is 2.64. The minimum absolute atomic E-state index is 0.201. The van der Waals surface area contributed by atoms with E-state index in [1.165, 1.54) is 18.9 Å². The summed E-state index contributed by atoms with van der Waals surface area (Å²) in [6, 6.07) is 5.48. The average Bonchev–Trinajstić information content (AvgIpc) is 2.63. The highest BCUT2D eigenvalue weighted by Crippen LogP contribution is 2.15. The lowest BCUT2D eigenvalue weighted by Gasteiger charge is -2.18. The Morgan fingerprint density at radius 3 is 2.56 bits per heavy atom. The van der Waals surface area contributed by atoms with Gasteiger partial charge in [-0.25, -0.2) is 4.79 Å². The highest BCUT2D eigenvalue weighted by Gasteiger charge is 2.24. The summed E-state index contributed by atoms with van der Waals surface area (Å²) in [6.07, 6.45) is 2.26. The fourth-order valence-corrected chi connectivity index (χ4v) is 2.90. The highest BCUT2D eigenvalue weighted by molar-refractivity contribution is 7.98. The van der Waals surface area contributed by atoms with E-state index >= 15 is 0 Å². The van der Waals surface area contributed by atoms with Gasteiger partial charge in [0, 0.05) is 13.2 Å². The largest absolute Gasteiger partial charge is 0.454 e. The van der Waals surface area contributed by atoms with E-state index in [1.807, 2.05) is 6.26 Å². The molecule has 0 heterocycles.